The topological polar surface area (TPSA) is 54.2 Å². The van der Waals surface area contributed by atoms with Crippen molar-refractivity contribution in [3.8, 4) is 0 Å². The molecule has 1 aromatic heterocycles. The van der Waals surface area contributed by atoms with Crippen LogP contribution in [0, 0.1) is 0 Å². The standard InChI is InChI=1S/C17H31N5S.HI/c1-5-15-14(16(6-2)22(4)21-15)12-20-17(18-7-3)19-11-13-9-8-10-23-13;/h13H,5-12H2,1-4H3,(H2,18,19,20);1H. The summed E-state index contributed by atoms with van der Waals surface area (Å²) in [5.41, 5.74) is 3.77. The molecule has 2 N–H and O–H groups in total. The molecule has 0 saturated carbocycles. The Labute approximate surface area is 167 Å². The highest BCUT2D eigenvalue weighted by Crippen LogP contribution is 2.25. The van der Waals surface area contributed by atoms with Crippen LogP contribution in [0.15, 0.2) is 4.99 Å². The summed E-state index contributed by atoms with van der Waals surface area (Å²) in [6, 6.07) is 0. The monoisotopic (exact) mass is 465 g/mol. The molecule has 1 aromatic rings. The normalized spacial score (nSPS) is 17.7. The smallest absolute Gasteiger partial charge is 0.191 e. The maximum absolute atomic E-state index is 4.81. The second-order valence-electron chi connectivity index (χ2n) is 5.91. The van der Waals surface area contributed by atoms with Crippen molar-refractivity contribution in [2.24, 2.45) is 12.0 Å². The van der Waals surface area contributed by atoms with Crippen molar-refractivity contribution in [2.75, 3.05) is 18.8 Å². The summed E-state index contributed by atoms with van der Waals surface area (Å²) in [6.07, 6.45) is 4.62. The highest BCUT2D eigenvalue weighted by molar-refractivity contribution is 14.0. The number of guanidine groups is 1. The summed E-state index contributed by atoms with van der Waals surface area (Å²) < 4.78 is 2.01. The summed E-state index contributed by atoms with van der Waals surface area (Å²) in [6.45, 7) is 9.05. The lowest BCUT2D eigenvalue weighted by Gasteiger charge is -2.14. The number of aromatic nitrogens is 2. The van der Waals surface area contributed by atoms with Crippen LogP contribution in [0.5, 0.6) is 0 Å². The molecule has 2 heterocycles. The van der Waals surface area contributed by atoms with E-state index in [0.717, 1.165) is 37.1 Å². The molecule has 7 heteroatoms. The van der Waals surface area contributed by atoms with Crippen molar-refractivity contribution in [1.82, 2.24) is 20.4 Å². The average Bonchev–Trinajstić information content (AvgIpc) is 3.17. The highest BCUT2D eigenvalue weighted by atomic mass is 127. The van der Waals surface area contributed by atoms with Gasteiger partial charge in [0.15, 0.2) is 5.96 Å². The van der Waals surface area contributed by atoms with Crippen molar-refractivity contribution in [1.29, 1.82) is 0 Å². The predicted molar refractivity (Wildman–Crippen MR) is 116 cm³/mol. The van der Waals surface area contributed by atoms with Crippen LogP contribution >= 0.6 is 35.7 Å². The van der Waals surface area contributed by atoms with Crippen molar-refractivity contribution < 1.29 is 0 Å². The van der Waals surface area contributed by atoms with Gasteiger partial charge in [0.1, 0.15) is 0 Å². The van der Waals surface area contributed by atoms with Gasteiger partial charge in [0, 0.05) is 36.6 Å². The van der Waals surface area contributed by atoms with E-state index in [2.05, 4.69) is 48.3 Å². The minimum Gasteiger partial charge on any atom is -0.357 e. The Balaban J connectivity index is 0.00000288. The van der Waals surface area contributed by atoms with Gasteiger partial charge in [0.2, 0.25) is 0 Å². The van der Waals surface area contributed by atoms with E-state index >= 15 is 0 Å². The van der Waals surface area contributed by atoms with Crippen molar-refractivity contribution in [3.05, 3.63) is 17.0 Å². The van der Waals surface area contributed by atoms with Gasteiger partial charge >= 0.3 is 0 Å². The van der Waals surface area contributed by atoms with Crippen LogP contribution in [0.4, 0.5) is 0 Å². The predicted octanol–water partition coefficient (Wildman–Crippen LogP) is 3.11. The lowest BCUT2D eigenvalue weighted by molar-refractivity contribution is 0.703. The zero-order valence-electron chi connectivity index (χ0n) is 15.4. The first-order valence-corrected chi connectivity index (χ1v) is 9.91. The molecule has 138 valence electrons. The van der Waals surface area contributed by atoms with Crippen LogP contribution < -0.4 is 10.6 Å². The molecule has 1 unspecified atom stereocenters. The fourth-order valence-electron chi connectivity index (χ4n) is 3.09. The lowest BCUT2D eigenvalue weighted by Crippen LogP contribution is -2.40. The first kappa shape index (κ1) is 21.6. The fourth-order valence-corrected chi connectivity index (χ4v) is 4.29. The number of aliphatic imine (C=N–C) groups is 1. The lowest BCUT2D eigenvalue weighted by atomic mass is 10.1. The highest BCUT2D eigenvalue weighted by Gasteiger charge is 2.16. The second-order valence-corrected chi connectivity index (χ2v) is 7.32. The van der Waals surface area contributed by atoms with Crippen LogP contribution in [0.25, 0.3) is 0 Å². The Bertz CT molecular complexity index is 523. The van der Waals surface area contributed by atoms with E-state index in [1.165, 1.54) is 35.5 Å². The number of nitrogens with one attached hydrogen (secondary N) is 2. The van der Waals surface area contributed by atoms with E-state index in [0.29, 0.717) is 6.54 Å². The molecule has 2 rings (SSSR count). The third-order valence-corrected chi connectivity index (χ3v) is 5.69. The van der Waals surface area contributed by atoms with Gasteiger partial charge in [0.05, 0.1) is 12.2 Å². The largest absolute Gasteiger partial charge is 0.357 e. The third kappa shape index (κ3) is 5.82. The van der Waals surface area contributed by atoms with Crippen LogP contribution in [0.2, 0.25) is 0 Å². The van der Waals surface area contributed by atoms with Gasteiger partial charge in [0.25, 0.3) is 0 Å². The molecular weight excluding hydrogens is 433 g/mol. The molecule has 0 aliphatic carbocycles. The molecular formula is C17H32IN5S. The molecule has 1 fully saturated rings. The Morgan fingerprint density at radius 1 is 1.29 bits per heavy atom. The quantitative estimate of drug-likeness (QED) is 0.369. The second kappa shape index (κ2) is 11.2. The van der Waals surface area contributed by atoms with Gasteiger partial charge in [-0.2, -0.15) is 16.9 Å². The number of thioether (sulfide) groups is 1. The third-order valence-electron chi connectivity index (χ3n) is 4.29. The van der Waals surface area contributed by atoms with Crippen molar-refractivity contribution in [2.45, 2.75) is 58.2 Å². The maximum Gasteiger partial charge on any atom is 0.191 e. The fraction of sp³-hybridized carbons (Fsp3) is 0.765. The number of rotatable bonds is 7. The summed E-state index contributed by atoms with van der Waals surface area (Å²) >= 11 is 2.07. The van der Waals surface area contributed by atoms with E-state index < -0.39 is 0 Å². The Kier molecular flexibility index (Phi) is 10.1. The molecule has 1 saturated heterocycles. The van der Waals surface area contributed by atoms with Gasteiger partial charge in [-0.25, -0.2) is 4.99 Å². The molecule has 0 spiro atoms. The zero-order valence-corrected chi connectivity index (χ0v) is 18.5. The molecule has 0 aromatic carbocycles. The van der Waals surface area contributed by atoms with Crippen LogP contribution in [0.1, 0.15) is 50.6 Å². The molecule has 5 nitrogen and oxygen atoms in total. The van der Waals surface area contributed by atoms with Gasteiger partial charge in [-0.3, -0.25) is 4.68 Å². The Morgan fingerprint density at radius 3 is 2.67 bits per heavy atom. The molecule has 0 amide bonds. The zero-order chi connectivity index (χ0) is 16.7. The first-order chi connectivity index (χ1) is 11.2. The van der Waals surface area contributed by atoms with Gasteiger partial charge in [-0.1, -0.05) is 13.8 Å². The minimum atomic E-state index is 0. The maximum atomic E-state index is 4.81. The summed E-state index contributed by atoms with van der Waals surface area (Å²) in [5, 5.41) is 12.2. The summed E-state index contributed by atoms with van der Waals surface area (Å²) in [4.78, 5) is 4.81. The first-order valence-electron chi connectivity index (χ1n) is 8.86. The number of aryl methyl sites for hydroxylation is 2. The summed E-state index contributed by atoms with van der Waals surface area (Å²) in [5.74, 6) is 2.23. The van der Waals surface area contributed by atoms with E-state index in [4.69, 9.17) is 4.99 Å². The Morgan fingerprint density at radius 2 is 2.08 bits per heavy atom. The molecule has 0 bridgehead atoms. The number of hydrogen-bond acceptors (Lipinski definition) is 3. The van der Waals surface area contributed by atoms with E-state index in [-0.39, 0.29) is 24.0 Å². The van der Waals surface area contributed by atoms with Gasteiger partial charge in [-0.15, -0.1) is 24.0 Å². The Hall–Kier alpha value is -0.440. The molecule has 1 aliphatic heterocycles. The molecule has 1 aliphatic rings. The van der Waals surface area contributed by atoms with Gasteiger partial charge < -0.3 is 10.6 Å². The van der Waals surface area contributed by atoms with Crippen molar-refractivity contribution in [3.63, 3.8) is 0 Å². The SMILES string of the molecule is CCNC(=NCc1c(CC)nn(C)c1CC)NCC1CCCS1.I. The van der Waals surface area contributed by atoms with E-state index in [1.807, 2.05) is 11.7 Å². The van der Waals surface area contributed by atoms with Crippen LogP contribution in [0.3, 0.4) is 0 Å². The molecule has 1 atom stereocenters. The van der Waals surface area contributed by atoms with E-state index in [9.17, 15) is 0 Å². The van der Waals surface area contributed by atoms with E-state index in [1.54, 1.807) is 0 Å². The number of nitrogens with zero attached hydrogens (tertiary/aromatic N) is 3. The van der Waals surface area contributed by atoms with Crippen LogP contribution in [-0.2, 0) is 26.4 Å². The average molecular weight is 465 g/mol. The van der Waals surface area contributed by atoms with Crippen LogP contribution in [-0.4, -0.2) is 39.8 Å². The minimum absolute atomic E-state index is 0. The number of halogens is 1. The van der Waals surface area contributed by atoms with Gasteiger partial charge in [-0.05, 0) is 38.4 Å². The summed E-state index contributed by atoms with van der Waals surface area (Å²) in [7, 11) is 2.03. The molecule has 24 heavy (non-hydrogen) atoms. The molecule has 0 radical (unpaired) electrons. The van der Waals surface area contributed by atoms with Crippen molar-refractivity contribution >= 4 is 41.7 Å². The number of hydrogen-bond donors (Lipinski definition) is 2.